The first-order valence-electron chi connectivity index (χ1n) is 10.8. The van der Waals surface area contributed by atoms with Crippen LogP contribution in [0.2, 0.25) is 0 Å². The summed E-state index contributed by atoms with van der Waals surface area (Å²) in [7, 11) is -3.85. The molecule has 0 aliphatic carbocycles. The van der Waals surface area contributed by atoms with E-state index in [9.17, 15) is 8.42 Å². The average Bonchev–Trinajstić information content (AvgIpc) is 2.74. The van der Waals surface area contributed by atoms with Crippen molar-refractivity contribution in [1.82, 2.24) is 4.72 Å². The van der Waals surface area contributed by atoms with Crippen molar-refractivity contribution < 1.29 is 17.9 Å². The molecule has 0 fully saturated rings. The van der Waals surface area contributed by atoms with Crippen LogP contribution in [-0.2, 0) is 16.6 Å². The van der Waals surface area contributed by atoms with Gasteiger partial charge in [0.1, 0.15) is 28.8 Å². The molecule has 0 atom stereocenters. The normalized spacial score (nSPS) is 11.9. The second-order valence-corrected chi connectivity index (χ2v) is 11.1. The average molecular weight is 469 g/mol. The summed E-state index contributed by atoms with van der Waals surface area (Å²) >= 11 is 0. The minimum Gasteiger partial charge on any atom is -0.487 e. The maximum Gasteiger partial charge on any atom is 0.244 e. The maximum absolute atomic E-state index is 13.2. The summed E-state index contributed by atoms with van der Waals surface area (Å²) in [5.41, 5.74) is 9.02. The largest absolute Gasteiger partial charge is 0.487 e. The van der Waals surface area contributed by atoms with E-state index in [4.69, 9.17) is 15.2 Å². The van der Waals surface area contributed by atoms with Crippen molar-refractivity contribution >= 4 is 15.7 Å². The number of nitrogen functional groups attached to an aromatic ring is 1. The van der Waals surface area contributed by atoms with E-state index >= 15 is 0 Å². The molecule has 0 bridgehead atoms. The van der Waals surface area contributed by atoms with Crippen LogP contribution >= 0.6 is 0 Å². The van der Waals surface area contributed by atoms with E-state index in [0.29, 0.717) is 17.2 Å². The molecule has 0 spiro atoms. The number of hydrogen-bond acceptors (Lipinski definition) is 5. The second kappa shape index (κ2) is 9.85. The van der Waals surface area contributed by atoms with Crippen LogP contribution in [0.25, 0.3) is 0 Å². The number of ether oxygens (including phenoxy) is 2. The van der Waals surface area contributed by atoms with Crippen LogP contribution in [0.3, 0.4) is 0 Å². The fraction of sp³-hybridized carbons (Fsp3) is 0.308. The second-order valence-electron chi connectivity index (χ2n) is 9.35. The third-order valence-corrected chi connectivity index (χ3v) is 6.36. The fourth-order valence-corrected chi connectivity index (χ4v) is 4.71. The van der Waals surface area contributed by atoms with Crippen LogP contribution in [0.1, 0.15) is 37.5 Å². The highest BCUT2D eigenvalue weighted by Crippen LogP contribution is 2.35. The predicted molar refractivity (Wildman–Crippen MR) is 132 cm³/mol. The van der Waals surface area contributed by atoms with Gasteiger partial charge in [0.05, 0.1) is 0 Å². The van der Waals surface area contributed by atoms with Gasteiger partial charge in [0.2, 0.25) is 10.0 Å². The van der Waals surface area contributed by atoms with Crippen LogP contribution in [0.15, 0.2) is 65.6 Å². The summed E-state index contributed by atoms with van der Waals surface area (Å²) in [6, 6.07) is 18.1. The minimum atomic E-state index is -3.85. The molecule has 0 amide bonds. The fourth-order valence-electron chi connectivity index (χ4n) is 3.27. The number of nitrogens with one attached hydrogen (secondary N) is 1. The molecule has 7 heteroatoms. The highest BCUT2D eigenvalue weighted by molar-refractivity contribution is 7.89. The lowest BCUT2D eigenvalue weighted by atomic mass is 9.98. The Labute approximate surface area is 196 Å². The smallest absolute Gasteiger partial charge is 0.244 e. The van der Waals surface area contributed by atoms with Crippen molar-refractivity contribution in [1.29, 1.82) is 0 Å². The first kappa shape index (κ1) is 24.6. The van der Waals surface area contributed by atoms with E-state index in [1.807, 2.05) is 77.1 Å². The van der Waals surface area contributed by atoms with Crippen LogP contribution < -0.4 is 19.9 Å². The monoisotopic (exact) mass is 468 g/mol. The van der Waals surface area contributed by atoms with E-state index in [1.165, 1.54) is 6.07 Å². The van der Waals surface area contributed by atoms with Crippen LogP contribution in [-0.4, -0.2) is 15.0 Å². The number of benzene rings is 3. The Bertz CT molecular complexity index is 1190. The summed E-state index contributed by atoms with van der Waals surface area (Å²) in [5.74, 6) is 1.31. The van der Waals surface area contributed by atoms with Gasteiger partial charge >= 0.3 is 0 Å². The molecular formula is C26H32N2O4S. The van der Waals surface area contributed by atoms with Crippen molar-refractivity contribution in [2.75, 3.05) is 12.3 Å². The molecule has 0 saturated heterocycles. The number of hydrogen-bond donors (Lipinski definition) is 2. The highest BCUT2D eigenvalue weighted by atomic mass is 32.2. The summed E-state index contributed by atoms with van der Waals surface area (Å²) in [6.07, 6.45) is 0. The summed E-state index contributed by atoms with van der Waals surface area (Å²) in [5, 5.41) is 0. The van der Waals surface area contributed by atoms with Crippen molar-refractivity contribution in [3.8, 4) is 17.2 Å². The number of anilines is 1. The highest BCUT2D eigenvalue weighted by Gasteiger charge is 2.24. The van der Waals surface area contributed by atoms with Crippen molar-refractivity contribution in [3.63, 3.8) is 0 Å². The Kier molecular flexibility index (Phi) is 7.34. The zero-order chi connectivity index (χ0) is 24.2. The number of aryl methyl sites for hydroxylation is 2. The topological polar surface area (TPSA) is 90.7 Å². The molecule has 176 valence electrons. The molecule has 0 radical (unpaired) electrons. The molecule has 3 aromatic carbocycles. The Hall–Kier alpha value is -3.03. The molecule has 0 heterocycles. The predicted octanol–water partition coefficient (Wildman–Crippen LogP) is 5.58. The Morgan fingerprint density at radius 1 is 0.939 bits per heavy atom. The lowest BCUT2D eigenvalue weighted by Gasteiger charge is -2.20. The molecule has 0 aromatic heterocycles. The van der Waals surface area contributed by atoms with Gasteiger partial charge in [-0.25, -0.2) is 13.1 Å². The third-order valence-electron chi connectivity index (χ3n) is 4.94. The lowest BCUT2D eigenvalue weighted by Crippen LogP contribution is -2.32. The molecule has 3 rings (SSSR count). The van der Waals surface area contributed by atoms with Gasteiger partial charge in [-0.2, -0.15) is 0 Å². The maximum atomic E-state index is 13.2. The molecule has 0 unspecified atom stereocenters. The van der Waals surface area contributed by atoms with Crippen LogP contribution in [0.4, 0.5) is 5.69 Å². The Morgan fingerprint density at radius 2 is 1.58 bits per heavy atom. The van der Waals surface area contributed by atoms with Crippen LogP contribution in [0.5, 0.6) is 17.2 Å². The van der Waals surface area contributed by atoms with Gasteiger partial charge < -0.3 is 15.2 Å². The van der Waals surface area contributed by atoms with Crippen LogP contribution in [0, 0.1) is 19.3 Å². The van der Waals surface area contributed by atoms with Gasteiger partial charge in [-0.1, -0.05) is 51.1 Å². The van der Waals surface area contributed by atoms with Gasteiger partial charge in [-0.3, -0.25) is 0 Å². The number of sulfonamides is 1. The molecule has 0 aliphatic heterocycles. The molecule has 3 aromatic rings. The molecule has 6 nitrogen and oxygen atoms in total. The molecule has 0 saturated carbocycles. The quantitative estimate of drug-likeness (QED) is 0.421. The van der Waals surface area contributed by atoms with E-state index < -0.39 is 10.0 Å². The van der Waals surface area contributed by atoms with E-state index in [-0.39, 0.29) is 29.2 Å². The van der Waals surface area contributed by atoms with Crippen molar-refractivity contribution in [3.05, 3.63) is 77.4 Å². The van der Waals surface area contributed by atoms with Gasteiger partial charge in [0.15, 0.2) is 0 Å². The zero-order valence-corrected chi connectivity index (χ0v) is 20.6. The zero-order valence-electron chi connectivity index (χ0n) is 19.8. The van der Waals surface area contributed by atoms with Gasteiger partial charge in [0, 0.05) is 18.3 Å². The first-order valence-corrected chi connectivity index (χ1v) is 12.3. The SMILES string of the molecule is Cc1cc(N)cc(C)c1Oc1ccc(OCc2ccccc2)c(S(=O)(=O)NCC(C)(C)C)c1. The van der Waals surface area contributed by atoms with Crippen molar-refractivity contribution in [2.24, 2.45) is 5.41 Å². The summed E-state index contributed by atoms with van der Waals surface area (Å²) in [6.45, 7) is 10.2. The van der Waals surface area contributed by atoms with Crippen molar-refractivity contribution in [2.45, 2.75) is 46.1 Å². The van der Waals surface area contributed by atoms with E-state index in [0.717, 1.165) is 16.7 Å². The molecule has 33 heavy (non-hydrogen) atoms. The third kappa shape index (κ3) is 6.73. The summed E-state index contributed by atoms with van der Waals surface area (Å²) in [4.78, 5) is 0.0333. The van der Waals surface area contributed by atoms with Gasteiger partial charge in [0.25, 0.3) is 0 Å². The molecule has 3 N–H and O–H groups in total. The first-order chi connectivity index (χ1) is 15.4. The van der Waals surface area contributed by atoms with E-state index in [2.05, 4.69) is 4.72 Å². The Morgan fingerprint density at radius 3 is 2.18 bits per heavy atom. The van der Waals surface area contributed by atoms with Gasteiger partial charge in [-0.15, -0.1) is 0 Å². The van der Waals surface area contributed by atoms with Gasteiger partial charge in [-0.05, 0) is 60.2 Å². The Balaban J connectivity index is 1.96. The minimum absolute atomic E-state index is 0.0333. The number of nitrogens with two attached hydrogens (primary N) is 1. The molecular weight excluding hydrogens is 436 g/mol. The summed E-state index contributed by atoms with van der Waals surface area (Å²) < 4.78 is 41.2. The standard InChI is InChI=1S/C26H32N2O4S/c1-18-13-21(27)14-19(2)25(18)32-22-11-12-23(31-16-20-9-7-6-8-10-20)24(15-22)33(29,30)28-17-26(3,4)5/h6-15,28H,16-17,27H2,1-5H3. The number of rotatable bonds is 8. The lowest BCUT2D eigenvalue weighted by molar-refractivity contribution is 0.297. The molecule has 0 aliphatic rings. The van der Waals surface area contributed by atoms with E-state index in [1.54, 1.807) is 12.1 Å².